The van der Waals surface area contributed by atoms with Crippen molar-refractivity contribution in [1.29, 1.82) is 0 Å². The first-order valence-electron chi connectivity index (χ1n) is 7.99. The molecule has 0 aromatic heterocycles. The van der Waals surface area contributed by atoms with Crippen LogP contribution < -0.4 is 10.0 Å². The van der Waals surface area contributed by atoms with E-state index in [1.807, 2.05) is 38.1 Å². The Hall–Kier alpha value is -1.06. The molecule has 0 aliphatic carbocycles. The summed E-state index contributed by atoms with van der Waals surface area (Å²) >= 11 is 0. The fourth-order valence-corrected chi connectivity index (χ4v) is 3.74. The molecular weight excluding hydrogens is 310 g/mol. The van der Waals surface area contributed by atoms with Crippen molar-refractivity contribution >= 4 is 38.3 Å². The zero-order valence-electron chi connectivity index (χ0n) is 14.6. The molecule has 0 heterocycles. The first-order valence-corrected chi connectivity index (χ1v) is 8.99. The summed E-state index contributed by atoms with van der Waals surface area (Å²) in [6.07, 6.45) is 0. The molecule has 24 heavy (non-hydrogen) atoms. The van der Waals surface area contributed by atoms with Crippen LogP contribution in [-0.4, -0.2) is 31.0 Å². The summed E-state index contributed by atoms with van der Waals surface area (Å²) in [5.41, 5.74) is 4.41. The van der Waals surface area contributed by atoms with Crippen LogP contribution in [0.4, 0.5) is 0 Å². The van der Waals surface area contributed by atoms with E-state index < -0.39 is 0 Å². The van der Waals surface area contributed by atoms with Crippen LogP contribution in [0.2, 0.25) is 0 Å². The van der Waals surface area contributed by atoms with E-state index >= 15 is 0 Å². The third-order valence-electron chi connectivity index (χ3n) is 3.60. The van der Waals surface area contributed by atoms with Crippen molar-refractivity contribution in [3.8, 4) is 5.75 Å². The molecule has 4 heteroatoms. The minimum atomic E-state index is 0. The molecule has 0 aliphatic rings. The van der Waals surface area contributed by atoms with Crippen molar-refractivity contribution in [2.24, 2.45) is 5.92 Å². The van der Waals surface area contributed by atoms with Crippen LogP contribution in [0.15, 0.2) is 36.4 Å². The number of benzene rings is 2. The van der Waals surface area contributed by atoms with Crippen LogP contribution >= 0.6 is 8.58 Å². The van der Waals surface area contributed by atoms with Crippen LogP contribution in [0, 0.1) is 26.7 Å². The Labute approximate surface area is 159 Å². The van der Waals surface area contributed by atoms with Gasteiger partial charge in [0.1, 0.15) is 5.75 Å². The van der Waals surface area contributed by atoms with E-state index in [9.17, 15) is 4.79 Å². The second-order valence-corrected chi connectivity index (χ2v) is 7.74. The maximum atomic E-state index is 12.6. The summed E-state index contributed by atoms with van der Waals surface area (Å²) in [5.74, 6) is 1.37. The van der Waals surface area contributed by atoms with E-state index in [0.717, 1.165) is 27.7 Å². The van der Waals surface area contributed by atoms with Crippen LogP contribution in [-0.2, 0) is 0 Å². The van der Waals surface area contributed by atoms with Gasteiger partial charge in [0.05, 0.1) is 6.61 Å². The molecule has 0 amide bonds. The van der Waals surface area contributed by atoms with Crippen LogP contribution in [0.1, 0.15) is 40.9 Å². The van der Waals surface area contributed by atoms with Gasteiger partial charge in [0.2, 0.25) is 0 Å². The van der Waals surface area contributed by atoms with Crippen LogP contribution in [0.3, 0.4) is 0 Å². The Balaban J connectivity index is 0.00000288. The third kappa shape index (κ3) is 5.78. The van der Waals surface area contributed by atoms with Gasteiger partial charge < -0.3 is 4.74 Å². The van der Waals surface area contributed by atoms with Gasteiger partial charge in [-0.1, -0.05) is 43.7 Å². The molecule has 0 spiro atoms. The summed E-state index contributed by atoms with van der Waals surface area (Å²) in [6.45, 7) is 11.1. The number of aryl methyl sites for hydroxylation is 3. The van der Waals surface area contributed by atoms with E-state index in [-0.39, 0.29) is 33.0 Å². The minimum absolute atomic E-state index is 0. The molecule has 2 nitrogen and oxygen atoms in total. The summed E-state index contributed by atoms with van der Waals surface area (Å²) in [4.78, 5) is 12.6. The van der Waals surface area contributed by atoms with E-state index in [2.05, 4.69) is 32.9 Å². The molecule has 2 rings (SSSR count). The van der Waals surface area contributed by atoms with Crippen molar-refractivity contribution in [1.82, 2.24) is 0 Å². The van der Waals surface area contributed by atoms with Gasteiger partial charge in [0, 0.05) is 5.56 Å². The van der Waals surface area contributed by atoms with Gasteiger partial charge >= 0.3 is 18.9 Å². The average molecular weight is 336 g/mol. The number of rotatable bonds is 6. The Morgan fingerprint density at radius 1 is 1.04 bits per heavy atom. The zero-order chi connectivity index (χ0) is 17.0. The molecule has 0 saturated heterocycles. The third-order valence-corrected chi connectivity index (χ3v) is 4.70. The predicted molar refractivity (Wildman–Crippen MR) is 107 cm³/mol. The SMILES string of the molecule is Cc1cc(C)c(C(=O)Pc2ccc(OCC(C)C)cc2)c(C)c1.[LiH]. The predicted octanol–water partition coefficient (Wildman–Crippen LogP) is 4.14. The molecule has 0 saturated carbocycles. The normalized spacial score (nSPS) is 10.9. The van der Waals surface area contributed by atoms with Crippen LogP contribution in [0.25, 0.3) is 0 Å². The molecule has 0 N–H and O–H groups in total. The zero-order valence-corrected chi connectivity index (χ0v) is 15.6. The van der Waals surface area contributed by atoms with Gasteiger partial charge in [-0.25, -0.2) is 0 Å². The van der Waals surface area contributed by atoms with Gasteiger partial charge in [-0.3, -0.25) is 4.79 Å². The van der Waals surface area contributed by atoms with Crippen molar-refractivity contribution in [2.45, 2.75) is 34.6 Å². The molecule has 0 aliphatic heterocycles. The Bertz CT molecular complexity index is 670. The van der Waals surface area contributed by atoms with Crippen molar-refractivity contribution in [3.05, 3.63) is 58.7 Å². The fourth-order valence-electron chi connectivity index (χ4n) is 2.63. The molecule has 2 aromatic carbocycles. The van der Waals surface area contributed by atoms with E-state index in [1.54, 1.807) is 0 Å². The van der Waals surface area contributed by atoms with E-state index in [0.29, 0.717) is 12.5 Å². The van der Waals surface area contributed by atoms with Crippen LogP contribution in [0.5, 0.6) is 5.75 Å². The van der Waals surface area contributed by atoms with Gasteiger partial charge in [0.25, 0.3) is 0 Å². The number of hydrogen-bond donors (Lipinski definition) is 0. The first-order chi connectivity index (χ1) is 10.9. The van der Waals surface area contributed by atoms with Gasteiger partial charge in [-0.15, -0.1) is 0 Å². The van der Waals surface area contributed by atoms with E-state index in [1.165, 1.54) is 5.56 Å². The molecule has 1 atom stereocenters. The van der Waals surface area contributed by atoms with Crippen molar-refractivity contribution < 1.29 is 9.53 Å². The quantitative estimate of drug-likeness (QED) is 0.585. The fraction of sp³-hybridized carbons (Fsp3) is 0.350. The summed E-state index contributed by atoms with van der Waals surface area (Å²) in [7, 11) is 0.145. The van der Waals surface area contributed by atoms with Crippen molar-refractivity contribution in [2.75, 3.05) is 6.61 Å². The molecule has 0 radical (unpaired) electrons. The second-order valence-electron chi connectivity index (χ2n) is 6.46. The summed E-state index contributed by atoms with van der Waals surface area (Å²) in [6, 6.07) is 12.0. The topological polar surface area (TPSA) is 26.3 Å². The Morgan fingerprint density at radius 2 is 1.58 bits per heavy atom. The summed E-state index contributed by atoms with van der Waals surface area (Å²) in [5, 5.41) is 1.05. The van der Waals surface area contributed by atoms with Gasteiger partial charge in [-0.05, 0) is 63.8 Å². The summed E-state index contributed by atoms with van der Waals surface area (Å²) < 4.78 is 5.68. The standard InChI is InChI=1S/C20H25O2P.Li.H/c1-13(2)12-22-17-6-8-18(9-7-17)23-20(21)19-15(4)10-14(3)11-16(19)5;;/h6-11,13,23H,12H2,1-5H3;;. The molecule has 1 unspecified atom stereocenters. The number of carbonyl (C=O) groups is 1. The second kappa shape index (κ2) is 9.43. The monoisotopic (exact) mass is 336 g/mol. The molecule has 124 valence electrons. The van der Waals surface area contributed by atoms with Crippen molar-refractivity contribution in [3.63, 3.8) is 0 Å². The molecule has 2 aromatic rings. The number of ether oxygens (including phenoxy) is 1. The Kier molecular flexibility index (Phi) is 8.24. The average Bonchev–Trinajstić information content (AvgIpc) is 2.45. The number of carbonyl (C=O) groups excluding carboxylic acids is 1. The molecular formula is C20H26LiO2P. The molecule has 0 bridgehead atoms. The van der Waals surface area contributed by atoms with E-state index in [4.69, 9.17) is 4.74 Å². The number of hydrogen-bond acceptors (Lipinski definition) is 2. The van der Waals surface area contributed by atoms with Gasteiger partial charge in [-0.2, -0.15) is 0 Å². The maximum absolute atomic E-state index is 12.6. The molecule has 0 fully saturated rings. The Morgan fingerprint density at radius 3 is 2.08 bits per heavy atom. The first kappa shape index (κ1) is 21.0. The van der Waals surface area contributed by atoms with Gasteiger partial charge in [0.15, 0.2) is 5.52 Å².